The number of ketones is 1. The van der Waals surface area contributed by atoms with Gasteiger partial charge < -0.3 is 0 Å². The fourth-order valence-corrected chi connectivity index (χ4v) is 2.40. The fourth-order valence-electron chi connectivity index (χ4n) is 1.62. The molecule has 1 nitrogen and oxygen atoms in total. The molecule has 0 aliphatic heterocycles. The Morgan fingerprint density at radius 2 is 1.42 bits per heavy atom. The van der Waals surface area contributed by atoms with E-state index in [0.717, 1.165) is 5.56 Å². The van der Waals surface area contributed by atoms with Crippen molar-refractivity contribution in [1.82, 2.24) is 0 Å². The number of hydrogen-bond acceptors (Lipinski definition) is 1. The second kappa shape index (κ2) is 6.15. The van der Waals surface area contributed by atoms with Crippen molar-refractivity contribution >= 4 is 52.2 Å². The molecule has 0 bridgehead atoms. The van der Waals surface area contributed by atoms with Crippen molar-refractivity contribution < 1.29 is 4.79 Å². The molecule has 0 saturated carbocycles. The van der Waals surface area contributed by atoms with Crippen LogP contribution in [0.4, 0.5) is 0 Å². The normalized spacial score (nSPS) is 10.5. The topological polar surface area (TPSA) is 17.1 Å². The molecule has 0 radical (unpaired) electrons. The molecule has 0 spiro atoms. The van der Waals surface area contributed by atoms with E-state index in [1.165, 1.54) is 12.1 Å². The van der Waals surface area contributed by atoms with Gasteiger partial charge in [0, 0.05) is 17.0 Å². The molecule has 2 aromatic rings. The van der Waals surface area contributed by atoms with Gasteiger partial charge in [-0.2, -0.15) is 0 Å². The Bertz CT molecular complexity index is 620. The number of carbonyl (C=O) groups is 1. The van der Waals surface area contributed by atoms with Crippen LogP contribution in [-0.2, 0) is 6.42 Å². The van der Waals surface area contributed by atoms with Gasteiger partial charge in [-0.3, -0.25) is 4.79 Å². The summed E-state index contributed by atoms with van der Waals surface area (Å²) in [6.07, 6.45) is 0.231. The zero-order valence-electron chi connectivity index (χ0n) is 9.59. The van der Waals surface area contributed by atoms with Gasteiger partial charge in [0.1, 0.15) is 0 Å². The van der Waals surface area contributed by atoms with E-state index in [0.29, 0.717) is 25.7 Å². The van der Waals surface area contributed by atoms with Crippen LogP contribution in [0.3, 0.4) is 0 Å². The molecule has 0 atom stereocenters. The van der Waals surface area contributed by atoms with Crippen LogP contribution in [0.1, 0.15) is 15.9 Å². The summed E-state index contributed by atoms with van der Waals surface area (Å²) in [6.45, 7) is 0. The fraction of sp³-hybridized carbons (Fsp3) is 0.0714. The molecule has 5 heteroatoms. The lowest BCUT2D eigenvalue weighted by Gasteiger charge is -2.06. The molecule has 0 heterocycles. The van der Waals surface area contributed by atoms with Gasteiger partial charge in [0.05, 0.1) is 15.1 Å². The quantitative estimate of drug-likeness (QED) is 0.518. The first-order valence-corrected chi connectivity index (χ1v) is 6.91. The van der Waals surface area contributed by atoms with Gasteiger partial charge in [0.15, 0.2) is 5.78 Å². The lowest BCUT2D eigenvalue weighted by Crippen LogP contribution is -2.04. The minimum Gasteiger partial charge on any atom is -0.294 e. The zero-order valence-corrected chi connectivity index (χ0v) is 12.6. The maximum atomic E-state index is 12.2. The summed E-state index contributed by atoms with van der Waals surface area (Å²) < 4.78 is 0. The Labute approximate surface area is 131 Å². The summed E-state index contributed by atoms with van der Waals surface area (Å²) in [7, 11) is 0. The lowest BCUT2D eigenvalue weighted by molar-refractivity contribution is 0.0993. The molecule has 0 saturated heterocycles. The first-order valence-electron chi connectivity index (χ1n) is 5.39. The van der Waals surface area contributed by atoms with Crippen molar-refractivity contribution in [2.75, 3.05) is 0 Å². The molecule has 98 valence electrons. The first kappa shape index (κ1) is 14.7. The van der Waals surface area contributed by atoms with Gasteiger partial charge in [-0.1, -0.05) is 58.5 Å². The smallest absolute Gasteiger partial charge is 0.168 e. The van der Waals surface area contributed by atoms with E-state index in [4.69, 9.17) is 46.4 Å². The standard InChI is InChI=1S/C14H8Cl4O/c15-9-3-1-8(2-4-9)5-14(19)10-6-12(17)13(18)7-11(10)16/h1-4,6-7H,5H2. The average Bonchev–Trinajstić information content (AvgIpc) is 2.36. The molecule has 0 N–H and O–H groups in total. The molecule has 19 heavy (non-hydrogen) atoms. The molecule has 0 aliphatic carbocycles. The number of benzene rings is 2. The van der Waals surface area contributed by atoms with E-state index >= 15 is 0 Å². The van der Waals surface area contributed by atoms with Gasteiger partial charge in [0.2, 0.25) is 0 Å². The number of Topliss-reactive ketones (excluding diaryl/α,β-unsaturated/α-hetero) is 1. The van der Waals surface area contributed by atoms with Crippen molar-refractivity contribution in [3.05, 3.63) is 67.6 Å². The van der Waals surface area contributed by atoms with Crippen LogP contribution in [-0.4, -0.2) is 5.78 Å². The maximum absolute atomic E-state index is 12.2. The highest BCUT2D eigenvalue weighted by molar-refractivity contribution is 6.44. The van der Waals surface area contributed by atoms with E-state index in [9.17, 15) is 4.79 Å². The Balaban J connectivity index is 2.25. The highest BCUT2D eigenvalue weighted by Crippen LogP contribution is 2.29. The summed E-state index contributed by atoms with van der Waals surface area (Å²) in [4.78, 5) is 12.2. The van der Waals surface area contributed by atoms with Crippen LogP contribution in [0.25, 0.3) is 0 Å². The highest BCUT2D eigenvalue weighted by atomic mass is 35.5. The van der Waals surface area contributed by atoms with Crippen molar-refractivity contribution in [2.45, 2.75) is 6.42 Å². The second-order valence-corrected chi connectivity index (χ2v) is 5.63. The molecule has 2 aromatic carbocycles. The molecule has 0 aromatic heterocycles. The highest BCUT2D eigenvalue weighted by Gasteiger charge is 2.14. The van der Waals surface area contributed by atoms with Gasteiger partial charge in [-0.25, -0.2) is 0 Å². The number of halogens is 4. The van der Waals surface area contributed by atoms with Crippen LogP contribution in [0.2, 0.25) is 20.1 Å². The maximum Gasteiger partial charge on any atom is 0.168 e. The minimum atomic E-state index is -0.120. The molecular weight excluding hydrogens is 326 g/mol. The van der Waals surface area contributed by atoms with Crippen LogP contribution < -0.4 is 0 Å². The van der Waals surface area contributed by atoms with E-state index in [-0.39, 0.29) is 12.2 Å². The third-order valence-corrected chi connectivity index (χ3v) is 3.88. The van der Waals surface area contributed by atoms with Crippen LogP contribution in [0, 0.1) is 0 Å². The summed E-state index contributed by atoms with van der Waals surface area (Å²) in [5, 5.41) is 1.57. The van der Waals surface area contributed by atoms with Crippen molar-refractivity contribution in [1.29, 1.82) is 0 Å². The summed E-state index contributed by atoms with van der Waals surface area (Å²) in [5.41, 5.74) is 1.22. The van der Waals surface area contributed by atoms with Gasteiger partial charge in [-0.05, 0) is 29.8 Å². The van der Waals surface area contributed by atoms with Gasteiger partial charge in [0.25, 0.3) is 0 Å². The van der Waals surface area contributed by atoms with Gasteiger partial charge in [-0.15, -0.1) is 0 Å². The van der Waals surface area contributed by atoms with Gasteiger partial charge >= 0.3 is 0 Å². The van der Waals surface area contributed by atoms with E-state index in [1.54, 1.807) is 24.3 Å². The van der Waals surface area contributed by atoms with E-state index < -0.39 is 0 Å². The predicted molar refractivity (Wildman–Crippen MR) is 81.0 cm³/mol. The molecule has 0 unspecified atom stereocenters. The SMILES string of the molecule is O=C(Cc1ccc(Cl)cc1)c1cc(Cl)c(Cl)cc1Cl. The molecule has 0 aliphatic rings. The molecule has 2 rings (SSSR count). The van der Waals surface area contributed by atoms with Crippen LogP contribution in [0.5, 0.6) is 0 Å². The van der Waals surface area contributed by atoms with Crippen LogP contribution >= 0.6 is 46.4 Å². The van der Waals surface area contributed by atoms with Crippen molar-refractivity contribution in [3.63, 3.8) is 0 Å². The minimum absolute atomic E-state index is 0.120. The monoisotopic (exact) mass is 332 g/mol. The number of rotatable bonds is 3. The molecule has 0 fully saturated rings. The third-order valence-electron chi connectivity index (χ3n) is 2.59. The summed E-state index contributed by atoms with van der Waals surface area (Å²) in [6, 6.07) is 10.0. The molecular formula is C14H8Cl4O. The Morgan fingerprint density at radius 3 is 2.05 bits per heavy atom. The Hall–Kier alpha value is -0.730. The molecule has 0 amide bonds. The third kappa shape index (κ3) is 3.64. The van der Waals surface area contributed by atoms with E-state index in [2.05, 4.69) is 0 Å². The number of carbonyl (C=O) groups excluding carboxylic acids is 1. The second-order valence-electron chi connectivity index (χ2n) is 3.97. The van der Waals surface area contributed by atoms with Crippen LogP contribution in [0.15, 0.2) is 36.4 Å². The van der Waals surface area contributed by atoms with Crippen molar-refractivity contribution in [3.8, 4) is 0 Å². The Kier molecular flexibility index (Phi) is 4.75. The predicted octanol–water partition coefficient (Wildman–Crippen LogP) is 5.73. The zero-order chi connectivity index (χ0) is 14.0. The largest absolute Gasteiger partial charge is 0.294 e. The summed E-state index contributed by atoms with van der Waals surface area (Å²) >= 11 is 23.5. The average molecular weight is 334 g/mol. The van der Waals surface area contributed by atoms with E-state index in [1.807, 2.05) is 0 Å². The number of hydrogen-bond donors (Lipinski definition) is 0. The van der Waals surface area contributed by atoms with Crippen molar-refractivity contribution in [2.24, 2.45) is 0 Å². The Morgan fingerprint density at radius 1 is 0.842 bits per heavy atom. The summed E-state index contributed by atoms with van der Waals surface area (Å²) in [5.74, 6) is -0.120. The first-order chi connectivity index (χ1) is 8.97. The lowest BCUT2D eigenvalue weighted by atomic mass is 10.0.